The smallest absolute Gasteiger partial charge is 0.343 e. The van der Waals surface area contributed by atoms with Crippen LogP contribution in [0.25, 0.3) is 0 Å². The number of hydrogen-bond acceptors (Lipinski definition) is 4. The third kappa shape index (κ3) is 3.18. The van der Waals surface area contributed by atoms with E-state index in [0.717, 1.165) is 38.5 Å². The van der Waals surface area contributed by atoms with Crippen molar-refractivity contribution in [3.63, 3.8) is 0 Å². The van der Waals surface area contributed by atoms with Crippen LogP contribution in [0.1, 0.15) is 63.4 Å². The molecular weight excluding hydrogens is 326 g/mol. The van der Waals surface area contributed by atoms with Crippen LogP contribution in [-0.2, 0) is 15.1 Å². The second-order valence-corrected chi connectivity index (χ2v) is 8.52. The third-order valence-corrected chi connectivity index (χ3v) is 7.05. The lowest BCUT2D eigenvalue weighted by Gasteiger charge is -2.40. The van der Waals surface area contributed by atoms with Crippen LogP contribution in [0.4, 0.5) is 0 Å². The Morgan fingerprint density at radius 3 is 2.27 bits per heavy atom. The molecule has 1 aliphatic carbocycles. The molecule has 1 aromatic carbocycles. The Hall–Kier alpha value is -1.39. The SMILES string of the molecule is CN1C2CCC1CC(OC(=O)C(O)(c1ccccc1)C1CCCCC1)C2. The van der Waals surface area contributed by atoms with E-state index >= 15 is 0 Å². The van der Waals surface area contributed by atoms with E-state index in [2.05, 4.69) is 11.9 Å². The standard InChI is InChI=1S/C22H31NO3/c1-23-18-12-13-19(23)15-20(14-18)26-21(24)22(25,16-8-4-2-5-9-16)17-10-6-3-7-11-17/h2,4-5,8-9,17-20,25H,3,6-7,10-15H2,1H3. The van der Waals surface area contributed by atoms with Crippen LogP contribution in [0.2, 0.25) is 0 Å². The molecule has 3 atom stereocenters. The first-order chi connectivity index (χ1) is 12.6. The van der Waals surface area contributed by atoms with Gasteiger partial charge in [-0.1, -0.05) is 49.6 Å². The van der Waals surface area contributed by atoms with Gasteiger partial charge in [-0.2, -0.15) is 0 Å². The predicted octanol–water partition coefficient (Wildman–Crippen LogP) is 3.62. The largest absolute Gasteiger partial charge is 0.460 e. The summed E-state index contributed by atoms with van der Waals surface area (Å²) in [5.41, 5.74) is -0.822. The molecule has 1 saturated carbocycles. The lowest BCUT2D eigenvalue weighted by Crippen LogP contribution is -2.49. The molecule has 0 radical (unpaired) electrons. The van der Waals surface area contributed by atoms with Gasteiger partial charge in [-0.05, 0) is 51.1 Å². The molecule has 2 bridgehead atoms. The Morgan fingerprint density at radius 2 is 1.65 bits per heavy atom. The second-order valence-electron chi connectivity index (χ2n) is 8.52. The number of carbonyl (C=O) groups excluding carboxylic acids is 1. The fourth-order valence-corrected chi connectivity index (χ4v) is 5.43. The van der Waals surface area contributed by atoms with E-state index < -0.39 is 11.6 Å². The van der Waals surface area contributed by atoms with Gasteiger partial charge >= 0.3 is 5.97 Å². The van der Waals surface area contributed by atoms with Crippen molar-refractivity contribution in [2.75, 3.05) is 7.05 Å². The van der Waals surface area contributed by atoms with Crippen LogP contribution in [0.5, 0.6) is 0 Å². The molecule has 142 valence electrons. The van der Waals surface area contributed by atoms with Gasteiger partial charge in [-0.25, -0.2) is 4.79 Å². The summed E-state index contributed by atoms with van der Waals surface area (Å²) in [5.74, 6) is -0.473. The van der Waals surface area contributed by atoms with Crippen molar-refractivity contribution in [1.82, 2.24) is 4.90 Å². The molecular formula is C22H31NO3. The zero-order valence-electron chi connectivity index (χ0n) is 15.8. The van der Waals surface area contributed by atoms with E-state index in [0.29, 0.717) is 17.6 Å². The number of benzene rings is 1. The van der Waals surface area contributed by atoms with Gasteiger partial charge in [-0.3, -0.25) is 0 Å². The van der Waals surface area contributed by atoms with Crippen molar-refractivity contribution in [3.8, 4) is 0 Å². The van der Waals surface area contributed by atoms with Crippen LogP contribution in [0.15, 0.2) is 30.3 Å². The maximum Gasteiger partial charge on any atom is 0.343 e. The van der Waals surface area contributed by atoms with E-state index in [-0.39, 0.29) is 12.0 Å². The summed E-state index contributed by atoms with van der Waals surface area (Å²) in [5, 5.41) is 11.6. The van der Waals surface area contributed by atoms with Gasteiger partial charge < -0.3 is 14.7 Å². The Bertz CT molecular complexity index is 614. The molecule has 0 aromatic heterocycles. The highest BCUT2D eigenvalue weighted by atomic mass is 16.6. The molecule has 4 rings (SSSR count). The summed E-state index contributed by atoms with van der Waals surface area (Å²) in [6, 6.07) is 10.5. The number of piperidine rings is 1. The average Bonchev–Trinajstić information content (AvgIpc) is 2.89. The minimum absolute atomic E-state index is 0.0471. The molecule has 3 aliphatic rings. The van der Waals surface area contributed by atoms with E-state index in [4.69, 9.17) is 4.74 Å². The number of ether oxygens (including phenoxy) is 1. The minimum Gasteiger partial charge on any atom is -0.460 e. The molecule has 2 aliphatic heterocycles. The number of carbonyl (C=O) groups is 1. The monoisotopic (exact) mass is 357 g/mol. The molecule has 3 unspecified atom stereocenters. The molecule has 26 heavy (non-hydrogen) atoms. The fraction of sp³-hybridized carbons (Fsp3) is 0.682. The summed E-state index contributed by atoms with van der Waals surface area (Å²) >= 11 is 0. The number of esters is 1. The highest BCUT2D eigenvalue weighted by Gasteiger charge is 2.49. The Morgan fingerprint density at radius 1 is 1.04 bits per heavy atom. The van der Waals surface area contributed by atoms with Gasteiger partial charge in [0, 0.05) is 18.0 Å². The molecule has 1 aromatic rings. The van der Waals surface area contributed by atoms with Crippen LogP contribution in [-0.4, -0.2) is 41.2 Å². The Labute approximate surface area is 156 Å². The van der Waals surface area contributed by atoms with E-state index in [1.165, 1.54) is 19.3 Å². The summed E-state index contributed by atoms with van der Waals surface area (Å²) in [7, 11) is 2.18. The highest BCUT2D eigenvalue weighted by Crippen LogP contribution is 2.42. The number of aliphatic hydroxyl groups is 1. The zero-order chi connectivity index (χ0) is 18.1. The topological polar surface area (TPSA) is 49.8 Å². The first-order valence-corrected chi connectivity index (χ1v) is 10.3. The van der Waals surface area contributed by atoms with Crippen molar-refractivity contribution in [1.29, 1.82) is 0 Å². The number of nitrogens with zero attached hydrogens (tertiary/aromatic N) is 1. The molecule has 4 heteroatoms. The first-order valence-electron chi connectivity index (χ1n) is 10.3. The van der Waals surface area contributed by atoms with Crippen molar-refractivity contribution in [2.45, 2.75) is 81.6 Å². The molecule has 2 heterocycles. The molecule has 2 saturated heterocycles. The van der Waals surface area contributed by atoms with Gasteiger partial charge in [0.25, 0.3) is 0 Å². The van der Waals surface area contributed by atoms with Crippen LogP contribution in [0.3, 0.4) is 0 Å². The normalized spacial score (nSPS) is 32.2. The predicted molar refractivity (Wildman–Crippen MR) is 101 cm³/mol. The van der Waals surface area contributed by atoms with Gasteiger partial charge in [-0.15, -0.1) is 0 Å². The average molecular weight is 357 g/mol. The van der Waals surface area contributed by atoms with Gasteiger partial charge in [0.2, 0.25) is 0 Å². The molecule has 0 amide bonds. The summed E-state index contributed by atoms with van der Waals surface area (Å²) in [6.07, 6.45) is 9.24. The molecule has 0 spiro atoms. The second kappa shape index (κ2) is 7.32. The highest BCUT2D eigenvalue weighted by molar-refractivity contribution is 5.81. The summed E-state index contributed by atoms with van der Waals surface area (Å²) in [4.78, 5) is 15.7. The van der Waals surface area contributed by atoms with Gasteiger partial charge in [0.1, 0.15) is 6.10 Å². The van der Waals surface area contributed by atoms with E-state index in [1.807, 2.05) is 30.3 Å². The van der Waals surface area contributed by atoms with Crippen LogP contribution < -0.4 is 0 Å². The third-order valence-electron chi connectivity index (χ3n) is 7.05. The zero-order valence-corrected chi connectivity index (χ0v) is 15.8. The number of hydrogen-bond donors (Lipinski definition) is 1. The fourth-order valence-electron chi connectivity index (χ4n) is 5.43. The number of fused-ring (bicyclic) bond motifs is 2. The Balaban J connectivity index is 1.55. The van der Waals surface area contributed by atoms with Gasteiger partial charge in [0.15, 0.2) is 5.60 Å². The van der Waals surface area contributed by atoms with E-state index in [1.54, 1.807) is 0 Å². The maximum absolute atomic E-state index is 13.3. The molecule has 3 fully saturated rings. The van der Waals surface area contributed by atoms with Crippen molar-refractivity contribution < 1.29 is 14.6 Å². The first kappa shape index (κ1) is 18.0. The molecule has 1 N–H and O–H groups in total. The Kier molecular flexibility index (Phi) is 5.07. The van der Waals surface area contributed by atoms with Crippen molar-refractivity contribution in [2.24, 2.45) is 5.92 Å². The molecule has 4 nitrogen and oxygen atoms in total. The summed E-state index contributed by atoms with van der Waals surface area (Å²) < 4.78 is 5.98. The number of rotatable bonds is 4. The lowest BCUT2D eigenvalue weighted by atomic mass is 9.73. The van der Waals surface area contributed by atoms with Crippen LogP contribution >= 0.6 is 0 Å². The van der Waals surface area contributed by atoms with Crippen molar-refractivity contribution >= 4 is 5.97 Å². The van der Waals surface area contributed by atoms with Crippen LogP contribution in [0, 0.1) is 5.92 Å². The van der Waals surface area contributed by atoms with Crippen molar-refractivity contribution in [3.05, 3.63) is 35.9 Å². The maximum atomic E-state index is 13.3. The lowest BCUT2D eigenvalue weighted by molar-refractivity contribution is -0.184. The quantitative estimate of drug-likeness (QED) is 0.836. The summed E-state index contributed by atoms with van der Waals surface area (Å²) in [6.45, 7) is 0. The minimum atomic E-state index is -1.51. The van der Waals surface area contributed by atoms with E-state index in [9.17, 15) is 9.90 Å². The van der Waals surface area contributed by atoms with Gasteiger partial charge in [0.05, 0.1) is 0 Å².